The Morgan fingerprint density at radius 3 is 2.89 bits per heavy atom. The Bertz CT molecular complexity index is 533. The summed E-state index contributed by atoms with van der Waals surface area (Å²) in [4.78, 5) is 14.0. The molecule has 1 aromatic carbocycles. The number of aromatic amines is 1. The number of H-pyrrole nitrogens is 1. The Balaban J connectivity index is 2.13. The Morgan fingerprint density at radius 1 is 1.33 bits per heavy atom. The molecule has 1 N–H and O–H groups in total. The monoisotopic (exact) mass is 245 g/mol. The van der Waals surface area contributed by atoms with Crippen molar-refractivity contribution in [3.8, 4) is 0 Å². The van der Waals surface area contributed by atoms with Crippen molar-refractivity contribution >= 4 is 16.8 Å². The molecule has 0 aliphatic carbocycles. The third-order valence-corrected chi connectivity index (χ3v) is 3.12. The van der Waals surface area contributed by atoms with Crippen LogP contribution in [0.5, 0.6) is 0 Å². The number of amides is 1. The van der Waals surface area contributed by atoms with Crippen LogP contribution in [-0.2, 0) is 0 Å². The van der Waals surface area contributed by atoms with Crippen LogP contribution in [0.3, 0.4) is 0 Å². The van der Waals surface area contributed by atoms with Gasteiger partial charge in [-0.1, -0.05) is 38.0 Å². The van der Waals surface area contributed by atoms with Gasteiger partial charge < -0.3 is 4.90 Å². The molecule has 0 spiro atoms. The molecule has 1 amide bonds. The highest BCUT2D eigenvalue weighted by molar-refractivity contribution is 6.04. The van der Waals surface area contributed by atoms with Gasteiger partial charge in [-0.3, -0.25) is 9.89 Å². The van der Waals surface area contributed by atoms with Crippen LogP contribution in [0.2, 0.25) is 0 Å². The molecule has 0 saturated heterocycles. The number of benzene rings is 1. The van der Waals surface area contributed by atoms with Crippen molar-refractivity contribution in [2.24, 2.45) is 0 Å². The molecule has 0 saturated carbocycles. The molecule has 1 aromatic heterocycles. The van der Waals surface area contributed by atoms with Gasteiger partial charge in [0.1, 0.15) is 0 Å². The normalized spacial score (nSPS) is 10.8. The molecule has 0 unspecified atom stereocenters. The van der Waals surface area contributed by atoms with Gasteiger partial charge in [0.05, 0.1) is 5.52 Å². The summed E-state index contributed by atoms with van der Waals surface area (Å²) in [6.45, 7) is 2.94. The summed E-state index contributed by atoms with van der Waals surface area (Å²) in [7, 11) is 1.83. The predicted octanol–water partition coefficient (Wildman–Crippen LogP) is 2.83. The van der Waals surface area contributed by atoms with E-state index in [0.717, 1.165) is 36.7 Å². The van der Waals surface area contributed by atoms with Crippen LogP contribution < -0.4 is 0 Å². The molecule has 4 heteroatoms. The molecular weight excluding hydrogens is 226 g/mol. The van der Waals surface area contributed by atoms with Gasteiger partial charge in [0, 0.05) is 19.0 Å². The Morgan fingerprint density at radius 2 is 2.11 bits per heavy atom. The molecule has 0 fully saturated rings. The zero-order chi connectivity index (χ0) is 13.0. The first kappa shape index (κ1) is 12.6. The second-order valence-electron chi connectivity index (χ2n) is 4.55. The van der Waals surface area contributed by atoms with E-state index in [1.807, 2.05) is 31.3 Å². The quantitative estimate of drug-likeness (QED) is 0.823. The zero-order valence-corrected chi connectivity index (χ0v) is 10.9. The molecule has 4 nitrogen and oxygen atoms in total. The summed E-state index contributed by atoms with van der Waals surface area (Å²) in [6, 6.07) is 7.70. The van der Waals surface area contributed by atoms with Crippen molar-refractivity contribution in [2.75, 3.05) is 13.6 Å². The van der Waals surface area contributed by atoms with Crippen molar-refractivity contribution in [3.05, 3.63) is 30.0 Å². The van der Waals surface area contributed by atoms with Crippen molar-refractivity contribution in [3.63, 3.8) is 0 Å². The van der Waals surface area contributed by atoms with Gasteiger partial charge in [0.25, 0.3) is 5.91 Å². The first-order valence-electron chi connectivity index (χ1n) is 6.42. The molecule has 0 bridgehead atoms. The third-order valence-electron chi connectivity index (χ3n) is 3.12. The summed E-state index contributed by atoms with van der Waals surface area (Å²) in [6.07, 6.45) is 3.35. The summed E-state index contributed by atoms with van der Waals surface area (Å²) < 4.78 is 0. The molecule has 0 aliphatic rings. The number of carbonyl (C=O) groups excluding carboxylic acids is 1. The maximum atomic E-state index is 12.3. The summed E-state index contributed by atoms with van der Waals surface area (Å²) >= 11 is 0. The van der Waals surface area contributed by atoms with Crippen molar-refractivity contribution in [1.82, 2.24) is 15.1 Å². The molecule has 1 heterocycles. The van der Waals surface area contributed by atoms with E-state index in [-0.39, 0.29) is 5.91 Å². The number of hydrogen-bond donors (Lipinski definition) is 1. The van der Waals surface area contributed by atoms with E-state index in [4.69, 9.17) is 0 Å². The van der Waals surface area contributed by atoms with Crippen LogP contribution in [0.25, 0.3) is 10.9 Å². The number of aromatic nitrogens is 2. The maximum absolute atomic E-state index is 12.3. The van der Waals surface area contributed by atoms with E-state index in [1.165, 1.54) is 0 Å². The number of para-hydroxylation sites is 1. The second-order valence-corrected chi connectivity index (χ2v) is 4.55. The number of nitrogens with zero attached hydrogens (tertiary/aromatic N) is 2. The van der Waals surface area contributed by atoms with Crippen LogP contribution >= 0.6 is 0 Å². The van der Waals surface area contributed by atoms with E-state index in [9.17, 15) is 4.79 Å². The minimum atomic E-state index is -0.0106. The Labute approximate surface area is 107 Å². The van der Waals surface area contributed by atoms with Crippen molar-refractivity contribution in [1.29, 1.82) is 0 Å². The van der Waals surface area contributed by atoms with Crippen molar-refractivity contribution < 1.29 is 4.79 Å². The van der Waals surface area contributed by atoms with E-state index < -0.39 is 0 Å². The number of fused-ring (bicyclic) bond motifs is 1. The summed E-state index contributed by atoms with van der Waals surface area (Å²) in [5.41, 5.74) is 1.42. The number of unbranched alkanes of at least 4 members (excludes halogenated alkanes) is 2. The minimum absolute atomic E-state index is 0.0106. The average molecular weight is 245 g/mol. The van der Waals surface area contributed by atoms with E-state index >= 15 is 0 Å². The average Bonchev–Trinajstić information content (AvgIpc) is 2.82. The van der Waals surface area contributed by atoms with Crippen LogP contribution in [0.1, 0.15) is 36.7 Å². The standard InChI is InChI=1S/C14H19N3O/c1-3-4-7-10-17(2)14(18)13-11-8-5-6-9-12(11)15-16-13/h5-6,8-9H,3-4,7,10H2,1-2H3,(H,15,16). The fraction of sp³-hybridized carbons (Fsp3) is 0.429. The van der Waals surface area contributed by atoms with Crippen LogP contribution in [0.15, 0.2) is 24.3 Å². The zero-order valence-electron chi connectivity index (χ0n) is 10.9. The molecule has 0 aliphatic heterocycles. The molecule has 2 rings (SSSR count). The Kier molecular flexibility index (Phi) is 3.97. The van der Waals surface area contributed by atoms with E-state index in [1.54, 1.807) is 4.90 Å². The van der Waals surface area contributed by atoms with Crippen LogP contribution in [0.4, 0.5) is 0 Å². The fourth-order valence-electron chi connectivity index (χ4n) is 2.01. The summed E-state index contributed by atoms with van der Waals surface area (Å²) in [5.74, 6) is -0.0106. The topological polar surface area (TPSA) is 49.0 Å². The molecule has 0 atom stereocenters. The van der Waals surface area contributed by atoms with E-state index in [2.05, 4.69) is 17.1 Å². The van der Waals surface area contributed by atoms with Gasteiger partial charge >= 0.3 is 0 Å². The molecule has 0 radical (unpaired) electrons. The highest BCUT2D eigenvalue weighted by Gasteiger charge is 2.17. The lowest BCUT2D eigenvalue weighted by molar-refractivity contribution is 0.0788. The number of carbonyl (C=O) groups is 1. The molecule has 18 heavy (non-hydrogen) atoms. The van der Waals surface area contributed by atoms with Gasteiger partial charge in [-0.2, -0.15) is 5.10 Å². The first-order valence-corrected chi connectivity index (χ1v) is 6.42. The highest BCUT2D eigenvalue weighted by Crippen LogP contribution is 2.16. The van der Waals surface area contributed by atoms with Crippen molar-refractivity contribution in [2.45, 2.75) is 26.2 Å². The first-order chi connectivity index (χ1) is 8.74. The number of hydrogen-bond acceptors (Lipinski definition) is 2. The highest BCUT2D eigenvalue weighted by atomic mass is 16.2. The third kappa shape index (κ3) is 2.53. The fourth-order valence-corrected chi connectivity index (χ4v) is 2.01. The lowest BCUT2D eigenvalue weighted by Crippen LogP contribution is -2.28. The smallest absolute Gasteiger partial charge is 0.274 e. The van der Waals surface area contributed by atoms with Gasteiger partial charge in [0.15, 0.2) is 5.69 Å². The molecule has 96 valence electrons. The minimum Gasteiger partial charge on any atom is -0.340 e. The van der Waals surface area contributed by atoms with E-state index in [0.29, 0.717) is 5.69 Å². The second kappa shape index (κ2) is 5.67. The van der Waals surface area contributed by atoms with Gasteiger partial charge in [-0.25, -0.2) is 0 Å². The number of nitrogens with one attached hydrogen (secondary N) is 1. The van der Waals surface area contributed by atoms with Gasteiger partial charge in [-0.15, -0.1) is 0 Å². The predicted molar refractivity (Wildman–Crippen MR) is 72.6 cm³/mol. The van der Waals surface area contributed by atoms with Gasteiger partial charge in [0.2, 0.25) is 0 Å². The number of rotatable bonds is 5. The maximum Gasteiger partial charge on any atom is 0.274 e. The van der Waals surface area contributed by atoms with Gasteiger partial charge in [-0.05, 0) is 12.5 Å². The largest absolute Gasteiger partial charge is 0.340 e. The lowest BCUT2D eigenvalue weighted by Gasteiger charge is -2.15. The summed E-state index contributed by atoms with van der Waals surface area (Å²) in [5, 5.41) is 7.92. The molecular formula is C14H19N3O. The molecule has 2 aromatic rings. The van der Waals surface area contributed by atoms with Crippen LogP contribution in [-0.4, -0.2) is 34.6 Å². The SMILES string of the molecule is CCCCCN(C)C(=O)c1n[nH]c2ccccc12. The Hall–Kier alpha value is -1.84. The lowest BCUT2D eigenvalue weighted by atomic mass is 10.2. The van der Waals surface area contributed by atoms with Crippen LogP contribution in [0, 0.1) is 0 Å².